The molecule has 1 heterocycles. The van der Waals surface area contributed by atoms with Gasteiger partial charge in [0, 0.05) is 17.8 Å². The van der Waals surface area contributed by atoms with Crippen molar-refractivity contribution in [2.75, 3.05) is 11.1 Å². The third-order valence-electron chi connectivity index (χ3n) is 2.41. The van der Waals surface area contributed by atoms with Gasteiger partial charge in [0.1, 0.15) is 0 Å². The molecule has 0 bridgehead atoms. The van der Waals surface area contributed by atoms with E-state index in [-0.39, 0.29) is 22.6 Å². The van der Waals surface area contributed by atoms with Crippen LogP contribution in [0.25, 0.3) is 0 Å². The molecule has 21 heavy (non-hydrogen) atoms. The second kappa shape index (κ2) is 5.54. The smallest absolute Gasteiger partial charge is 0.353 e. The van der Waals surface area contributed by atoms with E-state index in [1.54, 1.807) is 0 Å². The highest BCUT2D eigenvalue weighted by atomic mass is 35.5. The van der Waals surface area contributed by atoms with E-state index in [1.165, 1.54) is 24.3 Å². The Hall–Kier alpha value is -3.01. The number of rotatable bonds is 4. The minimum absolute atomic E-state index is 0.115. The van der Waals surface area contributed by atoms with Gasteiger partial charge in [0.05, 0.1) is 9.85 Å². The van der Waals surface area contributed by atoms with Gasteiger partial charge >= 0.3 is 5.69 Å². The average Bonchev–Trinajstić information content (AvgIpc) is 2.37. The Morgan fingerprint density at radius 3 is 2.24 bits per heavy atom. The van der Waals surface area contributed by atoms with Crippen LogP contribution >= 0.6 is 11.6 Å². The molecular formula is C10H7ClN6O4. The van der Waals surface area contributed by atoms with Gasteiger partial charge in [0.15, 0.2) is 0 Å². The summed E-state index contributed by atoms with van der Waals surface area (Å²) < 4.78 is 0. The van der Waals surface area contributed by atoms with E-state index in [2.05, 4.69) is 15.3 Å². The number of nitrogen functional groups attached to an aromatic ring is 1. The molecule has 0 atom stereocenters. The van der Waals surface area contributed by atoms with Crippen molar-refractivity contribution in [2.45, 2.75) is 0 Å². The summed E-state index contributed by atoms with van der Waals surface area (Å²) >= 11 is 5.61. The van der Waals surface area contributed by atoms with E-state index in [4.69, 9.17) is 17.3 Å². The number of nitro benzene ring substituents is 1. The molecule has 2 rings (SSSR count). The summed E-state index contributed by atoms with van der Waals surface area (Å²) in [6.45, 7) is 0. The fourth-order valence-corrected chi connectivity index (χ4v) is 1.69. The van der Waals surface area contributed by atoms with Crippen molar-refractivity contribution in [2.24, 2.45) is 0 Å². The van der Waals surface area contributed by atoms with Gasteiger partial charge in [-0.05, 0) is 23.7 Å². The molecular weight excluding hydrogens is 304 g/mol. The number of aromatic nitrogens is 2. The van der Waals surface area contributed by atoms with Crippen molar-refractivity contribution < 1.29 is 9.85 Å². The highest BCUT2D eigenvalue weighted by Crippen LogP contribution is 2.31. The van der Waals surface area contributed by atoms with Crippen LogP contribution in [0.5, 0.6) is 0 Å². The molecule has 0 aliphatic carbocycles. The monoisotopic (exact) mass is 310 g/mol. The zero-order chi connectivity index (χ0) is 15.6. The van der Waals surface area contributed by atoms with Gasteiger partial charge in [-0.1, -0.05) is 0 Å². The standard InChI is InChI=1S/C10H7ClN6O4/c11-10-14-8(12)7(17(20)21)9(15-10)13-5-1-3-6(4-2-5)16(18)19/h1-4H,(H3,12,13,14,15). The quantitative estimate of drug-likeness (QED) is 0.495. The molecule has 1 aromatic heterocycles. The van der Waals surface area contributed by atoms with E-state index in [0.29, 0.717) is 5.69 Å². The van der Waals surface area contributed by atoms with E-state index in [1.807, 2.05) is 0 Å². The zero-order valence-corrected chi connectivity index (χ0v) is 10.9. The van der Waals surface area contributed by atoms with Gasteiger partial charge in [-0.25, -0.2) is 0 Å². The first-order valence-electron chi connectivity index (χ1n) is 5.37. The first kappa shape index (κ1) is 14.4. The Morgan fingerprint density at radius 2 is 1.71 bits per heavy atom. The molecule has 2 aromatic rings. The van der Waals surface area contributed by atoms with Crippen molar-refractivity contribution in [3.05, 3.63) is 49.8 Å². The number of nitro groups is 2. The van der Waals surface area contributed by atoms with Gasteiger partial charge in [0.25, 0.3) is 5.69 Å². The summed E-state index contributed by atoms with van der Waals surface area (Å²) in [5.74, 6) is -0.587. The van der Waals surface area contributed by atoms with Gasteiger partial charge in [-0.3, -0.25) is 20.2 Å². The molecule has 0 aliphatic rings. The molecule has 1 aromatic carbocycles. The lowest BCUT2D eigenvalue weighted by atomic mass is 10.3. The summed E-state index contributed by atoms with van der Waals surface area (Å²) in [5.41, 5.74) is 5.13. The van der Waals surface area contributed by atoms with Crippen molar-refractivity contribution in [1.82, 2.24) is 9.97 Å². The maximum atomic E-state index is 11.0. The van der Waals surface area contributed by atoms with Gasteiger partial charge in [-0.2, -0.15) is 9.97 Å². The van der Waals surface area contributed by atoms with Gasteiger partial charge in [-0.15, -0.1) is 0 Å². The summed E-state index contributed by atoms with van der Waals surface area (Å²) in [6, 6.07) is 5.21. The summed E-state index contributed by atoms with van der Waals surface area (Å²) in [7, 11) is 0. The molecule has 11 heteroatoms. The van der Waals surface area contributed by atoms with E-state index >= 15 is 0 Å². The van der Waals surface area contributed by atoms with Crippen molar-refractivity contribution in [1.29, 1.82) is 0 Å². The fourth-order valence-electron chi connectivity index (χ4n) is 1.51. The number of benzene rings is 1. The Labute approximate surface area is 121 Å². The summed E-state index contributed by atoms with van der Waals surface area (Å²) in [5, 5.41) is 23.9. The first-order valence-corrected chi connectivity index (χ1v) is 5.75. The van der Waals surface area contributed by atoms with Gasteiger partial charge < -0.3 is 11.1 Å². The van der Waals surface area contributed by atoms with Crippen LogP contribution in [0.1, 0.15) is 0 Å². The number of nitrogens with two attached hydrogens (primary N) is 1. The summed E-state index contributed by atoms with van der Waals surface area (Å²) in [6.07, 6.45) is 0. The Balaban J connectivity index is 2.39. The molecule has 0 saturated heterocycles. The van der Waals surface area contributed by atoms with Crippen LogP contribution < -0.4 is 11.1 Å². The molecule has 0 amide bonds. The molecule has 0 spiro atoms. The van der Waals surface area contributed by atoms with Crippen LogP contribution in [0.15, 0.2) is 24.3 Å². The largest absolute Gasteiger partial charge is 0.378 e. The third kappa shape index (κ3) is 3.12. The topological polar surface area (TPSA) is 150 Å². The molecule has 3 N–H and O–H groups in total. The van der Waals surface area contributed by atoms with E-state index < -0.39 is 15.5 Å². The average molecular weight is 311 g/mol. The SMILES string of the molecule is Nc1nc(Cl)nc(Nc2ccc([N+](=O)[O-])cc2)c1[N+](=O)[O-]. The molecule has 0 saturated carbocycles. The highest BCUT2D eigenvalue weighted by Gasteiger charge is 2.23. The lowest BCUT2D eigenvalue weighted by molar-refractivity contribution is -0.384. The van der Waals surface area contributed by atoms with Crippen molar-refractivity contribution in [3.63, 3.8) is 0 Å². The maximum Gasteiger partial charge on any atom is 0.353 e. The van der Waals surface area contributed by atoms with Crippen LogP contribution in [-0.4, -0.2) is 19.8 Å². The number of anilines is 3. The molecule has 0 fully saturated rings. The predicted octanol–water partition coefficient (Wildman–Crippen LogP) is 2.27. The minimum atomic E-state index is -0.751. The van der Waals surface area contributed by atoms with Crippen LogP contribution in [0, 0.1) is 20.2 Å². The number of hydrogen-bond donors (Lipinski definition) is 2. The molecule has 0 radical (unpaired) electrons. The number of non-ortho nitro benzene ring substituents is 1. The Bertz CT molecular complexity index is 720. The highest BCUT2D eigenvalue weighted by molar-refractivity contribution is 6.28. The molecule has 10 nitrogen and oxygen atoms in total. The predicted molar refractivity (Wildman–Crippen MR) is 74.5 cm³/mol. The number of nitrogens with zero attached hydrogens (tertiary/aromatic N) is 4. The van der Waals surface area contributed by atoms with E-state index in [0.717, 1.165) is 0 Å². The number of halogens is 1. The number of nitrogens with one attached hydrogen (secondary N) is 1. The third-order valence-corrected chi connectivity index (χ3v) is 2.58. The van der Waals surface area contributed by atoms with Crippen LogP contribution in [0.2, 0.25) is 5.28 Å². The Morgan fingerprint density at radius 1 is 1.10 bits per heavy atom. The van der Waals surface area contributed by atoms with Crippen LogP contribution in [0.4, 0.5) is 28.7 Å². The Kier molecular flexibility index (Phi) is 3.80. The van der Waals surface area contributed by atoms with E-state index in [9.17, 15) is 20.2 Å². The minimum Gasteiger partial charge on any atom is -0.378 e. The molecule has 0 aliphatic heterocycles. The van der Waals surface area contributed by atoms with Gasteiger partial charge in [0.2, 0.25) is 16.9 Å². The molecule has 0 unspecified atom stereocenters. The second-order valence-electron chi connectivity index (χ2n) is 3.76. The molecule has 108 valence electrons. The number of hydrogen-bond acceptors (Lipinski definition) is 8. The fraction of sp³-hybridized carbons (Fsp3) is 0. The normalized spacial score (nSPS) is 10.1. The second-order valence-corrected chi connectivity index (χ2v) is 4.10. The van der Waals surface area contributed by atoms with Crippen LogP contribution in [-0.2, 0) is 0 Å². The van der Waals surface area contributed by atoms with Crippen molar-refractivity contribution >= 4 is 40.3 Å². The first-order chi connectivity index (χ1) is 9.88. The summed E-state index contributed by atoms with van der Waals surface area (Å²) in [4.78, 5) is 27.4. The lowest BCUT2D eigenvalue weighted by Gasteiger charge is -2.07. The maximum absolute atomic E-state index is 11.0. The van der Waals surface area contributed by atoms with Crippen LogP contribution in [0.3, 0.4) is 0 Å². The lowest BCUT2D eigenvalue weighted by Crippen LogP contribution is -2.06. The van der Waals surface area contributed by atoms with Crippen molar-refractivity contribution in [3.8, 4) is 0 Å². The zero-order valence-electron chi connectivity index (χ0n) is 10.2.